The second kappa shape index (κ2) is 3.98. The third-order valence-electron chi connectivity index (χ3n) is 4.74. The molecule has 1 amide bonds. The minimum atomic E-state index is -0.804. The quantitative estimate of drug-likeness (QED) is 0.899. The Morgan fingerprint density at radius 3 is 2.55 bits per heavy atom. The lowest BCUT2D eigenvalue weighted by molar-refractivity contribution is -0.132. The Kier molecular flexibility index (Phi) is 2.67. The molecule has 1 heterocycles. The number of hydrogen-bond acceptors (Lipinski definition) is 3. The highest BCUT2D eigenvalue weighted by Crippen LogP contribution is 2.52. The molecule has 4 heteroatoms. The van der Waals surface area contributed by atoms with E-state index in [0.717, 1.165) is 24.3 Å². The number of ether oxygens (including phenoxy) is 1. The molecule has 0 bridgehead atoms. The van der Waals surface area contributed by atoms with Crippen molar-refractivity contribution in [1.82, 2.24) is 0 Å². The zero-order valence-electron chi connectivity index (χ0n) is 12.6. The van der Waals surface area contributed by atoms with Crippen LogP contribution in [-0.2, 0) is 10.2 Å². The van der Waals surface area contributed by atoms with Gasteiger partial charge in [0.05, 0.1) is 5.69 Å². The van der Waals surface area contributed by atoms with Gasteiger partial charge < -0.3 is 15.4 Å². The molecule has 1 atom stereocenters. The Bertz CT molecular complexity index is 574. The predicted octanol–water partition coefficient (Wildman–Crippen LogP) is 2.20. The second-order valence-electron chi connectivity index (χ2n) is 6.60. The first-order valence-corrected chi connectivity index (χ1v) is 7.15. The van der Waals surface area contributed by atoms with Crippen molar-refractivity contribution in [2.75, 3.05) is 11.9 Å². The van der Waals surface area contributed by atoms with Crippen LogP contribution in [0.15, 0.2) is 18.2 Å². The Labute approximate surface area is 119 Å². The number of hydrogen-bond donors (Lipinski definition) is 1. The maximum absolute atomic E-state index is 12.3. The lowest BCUT2D eigenvalue weighted by atomic mass is 9.88. The highest BCUT2D eigenvalue weighted by molar-refractivity contribution is 6.02. The number of rotatable bonds is 2. The Morgan fingerprint density at radius 1 is 1.35 bits per heavy atom. The Hall–Kier alpha value is -1.55. The Morgan fingerprint density at radius 2 is 2.00 bits per heavy atom. The van der Waals surface area contributed by atoms with Crippen molar-refractivity contribution >= 4 is 11.6 Å². The standard InChI is InChI=1S/C16H22N2O2/c1-10(17)16(7-8-16)11-5-6-13-12(9-11)18(4)14(19)15(2,3)20-13/h5-6,9-10H,7-8,17H2,1-4H3. The fourth-order valence-corrected chi connectivity index (χ4v) is 3.15. The van der Waals surface area contributed by atoms with Gasteiger partial charge in [-0.3, -0.25) is 4.79 Å². The minimum Gasteiger partial charge on any atom is -0.476 e. The van der Waals surface area contributed by atoms with Crippen LogP contribution in [0.5, 0.6) is 5.75 Å². The van der Waals surface area contributed by atoms with Gasteiger partial charge in [-0.05, 0) is 51.3 Å². The molecule has 4 nitrogen and oxygen atoms in total. The third-order valence-corrected chi connectivity index (χ3v) is 4.74. The molecule has 0 spiro atoms. The molecule has 20 heavy (non-hydrogen) atoms. The summed E-state index contributed by atoms with van der Waals surface area (Å²) in [5.74, 6) is 0.745. The fraction of sp³-hybridized carbons (Fsp3) is 0.562. The monoisotopic (exact) mass is 274 g/mol. The number of nitrogens with two attached hydrogens (primary N) is 1. The van der Waals surface area contributed by atoms with E-state index in [9.17, 15) is 4.79 Å². The molecule has 1 fully saturated rings. The Balaban J connectivity index is 2.05. The van der Waals surface area contributed by atoms with Gasteiger partial charge in [-0.25, -0.2) is 0 Å². The van der Waals surface area contributed by atoms with Crippen LogP contribution in [0, 0.1) is 0 Å². The molecule has 1 saturated carbocycles. The van der Waals surface area contributed by atoms with Crippen LogP contribution >= 0.6 is 0 Å². The van der Waals surface area contributed by atoms with Crippen LogP contribution in [0.25, 0.3) is 0 Å². The summed E-state index contributed by atoms with van der Waals surface area (Å²) in [7, 11) is 1.81. The first kappa shape index (κ1) is 13.4. The first-order chi connectivity index (χ1) is 9.28. The molecule has 0 aromatic heterocycles. The van der Waals surface area contributed by atoms with Crippen molar-refractivity contribution in [3.63, 3.8) is 0 Å². The molecule has 0 radical (unpaired) electrons. The zero-order valence-corrected chi connectivity index (χ0v) is 12.6. The molecule has 1 aromatic rings. The van der Waals surface area contributed by atoms with Crippen LogP contribution in [0.1, 0.15) is 39.2 Å². The van der Waals surface area contributed by atoms with Crippen LogP contribution in [-0.4, -0.2) is 24.6 Å². The molecule has 2 aliphatic rings. The summed E-state index contributed by atoms with van der Waals surface area (Å²) in [6.07, 6.45) is 2.24. The SMILES string of the molecule is CC(N)C1(c2ccc3c(c2)N(C)C(=O)C(C)(C)O3)CC1. The van der Waals surface area contributed by atoms with Gasteiger partial charge in [0.25, 0.3) is 5.91 Å². The third kappa shape index (κ3) is 1.74. The van der Waals surface area contributed by atoms with Gasteiger partial charge in [-0.2, -0.15) is 0 Å². The van der Waals surface area contributed by atoms with E-state index >= 15 is 0 Å². The van der Waals surface area contributed by atoms with Crippen molar-refractivity contribution in [3.05, 3.63) is 23.8 Å². The lowest BCUT2D eigenvalue weighted by Gasteiger charge is -2.37. The molecule has 1 aromatic carbocycles. The molecule has 0 saturated heterocycles. The molecule has 1 unspecified atom stereocenters. The van der Waals surface area contributed by atoms with Crippen molar-refractivity contribution in [2.24, 2.45) is 5.73 Å². The van der Waals surface area contributed by atoms with Gasteiger partial charge in [0.2, 0.25) is 0 Å². The summed E-state index contributed by atoms with van der Waals surface area (Å²) in [5, 5.41) is 0. The largest absolute Gasteiger partial charge is 0.476 e. The predicted molar refractivity (Wildman–Crippen MR) is 79.1 cm³/mol. The van der Waals surface area contributed by atoms with Gasteiger partial charge in [-0.1, -0.05) is 6.07 Å². The van der Waals surface area contributed by atoms with E-state index in [4.69, 9.17) is 10.5 Å². The maximum Gasteiger partial charge on any atom is 0.270 e. The maximum atomic E-state index is 12.3. The number of anilines is 1. The summed E-state index contributed by atoms with van der Waals surface area (Å²) in [4.78, 5) is 14.0. The lowest BCUT2D eigenvalue weighted by Crippen LogP contribution is -2.51. The smallest absolute Gasteiger partial charge is 0.270 e. The first-order valence-electron chi connectivity index (χ1n) is 7.15. The average Bonchev–Trinajstić information content (AvgIpc) is 3.17. The molecule has 1 aliphatic carbocycles. The van der Waals surface area contributed by atoms with Gasteiger partial charge in [0.1, 0.15) is 5.75 Å². The summed E-state index contributed by atoms with van der Waals surface area (Å²) < 4.78 is 5.83. The summed E-state index contributed by atoms with van der Waals surface area (Å²) in [5.41, 5.74) is 7.48. The highest BCUT2D eigenvalue weighted by Gasteiger charge is 2.48. The molecular weight excluding hydrogens is 252 g/mol. The number of carbonyl (C=O) groups is 1. The van der Waals surface area contributed by atoms with Gasteiger partial charge in [-0.15, -0.1) is 0 Å². The number of amides is 1. The van der Waals surface area contributed by atoms with E-state index < -0.39 is 5.60 Å². The molecule has 1 aliphatic heterocycles. The molecule has 3 rings (SSSR count). The summed E-state index contributed by atoms with van der Waals surface area (Å²) in [6, 6.07) is 6.26. The summed E-state index contributed by atoms with van der Waals surface area (Å²) >= 11 is 0. The second-order valence-corrected chi connectivity index (χ2v) is 6.60. The van der Waals surface area contributed by atoms with Gasteiger partial charge in [0.15, 0.2) is 5.60 Å². The van der Waals surface area contributed by atoms with Crippen LogP contribution < -0.4 is 15.4 Å². The van der Waals surface area contributed by atoms with Crippen molar-refractivity contribution < 1.29 is 9.53 Å². The number of fused-ring (bicyclic) bond motifs is 1. The number of carbonyl (C=O) groups excluding carboxylic acids is 1. The fourth-order valence-electron chi connectivity index (χ4n) is 3.15. The van der Waals surface area contributed by atoms with Crippen LogP contribution in [0.2, 0.25) is 0 Å². The zero-order chi connectivity index (χ0) is 14.7. The number of benzene rings is 1. The molecule has 2 N–H and O–H groups in total. The highest BCUT2D eigenvalue weighted by atomic mass is 16.5. The van der Waals surface area contributed by atoms with Crippen molar-refractivity contribution in [1.29, 1.82) is 0 Å². The van der Waals surface area contributed by atoms with E-state index in [2.05, 4.69) is 19.1 Å². The van der Waals surface area contributed by atoms with Crippen LogP contribution in [0.3, 0.4) is 0 Å². The van der Waals surface area contributed by atoms with Crippen LogP contribution in [0.4, 0.5) is 5.69 Å². The van der Waals surface area contributed by atoms with E-state index in [1.54, 1.807) is 25.8 Å². The normalized spacial score (nSPS) is 23.9. The number of nitrogens with zero attached hydrogens (tertiary/aromatic N) is 1. The average molecular weight is 274 g/mol. The minimum absolute atomic E-state index is 0.0206. The van der Waals surface area contributed by atoms with Gasteiger partial charge in [0, 0.05) is 18.5 Å². The molecular formula is C16H22N2O2. The van der Waals surface area contributed by atoms with Crippen molar-refractivity contribution in [2.45, 2.75) is 50.7 Å². The van der Waals surface area contributed by atoms with E-state index in [-0.39, 0.29) is 17.4 Å². The van der Waals surface area contributed by atoms with E-state index in [1.165, 1.54) is 5.56 Å². The van der Waals surface area contributed by atoms with Gasteiger partial charge >= 0.3 is 0 Å². The van der Waals surface area contributed by atoms with E-state index in [1.807, 2.05) is 6.07 Å². The topological polar surface area (TPSA) is 55.6 Å². The molecule has 108 valence electrons. The van der Waals surface area contributed by atoms with E-state index in [0.29, 0.717) is 0 Å². The summed E-state index contributed by atoms with van der Waals surface area (Å²) in [6.45, 7) is 5.65. The number of likely N-dealkylation sites (N-methyl/N-ethyl adjacent to an activating group) is 1. The van der Waals surface area contributed by atoms with Crippen molar-refractivity contribution in [3.8, 4) is 5.75 Å².